The van der Waals surface area contributed by atoms with Gasteiger partial charge < -0.3 is 19.7 Å². The molecule has 112 valence electrons. The lowest BCUT2D eigenvalue weighted by Crippen LogP contribution is -2.08. The molecule has 6 nitrogen and oxygen atoms in total. The summed E-state index contributed by atoms with van der Waals surface area (Å²) in [4.78, 5) is 20.8. The highest BCUT2D eigenvalue weighted by molar-refractivity contribution is 5.90. The van der Waals surface area contributed by atoms with Gasteiger partial charge in [-0.25, -0.2) is 9.59 Å². The van der Waals surface area contributed by atoms with Crippen LogP contribution in [-0.2, 0) is 9.47 Å². The average Bonchev–Trinajstić information content (AvgIpc) is 2.43. The second kappa shape index (κ2) is 10.7. The molecule has 20 heavy (non-hydrogen) atoms. The number of rotatable bonds is 5. The minimum atomic E-state index is -1.11. The van der Waals surface area contributed by atoms with Gasteiger partial charge in [0, 0.05) is 0 Å². The molecule has 0 saturated carbocycles. The predicted octanol–water partition coefficient (Wildman–Crippen LogP) is 3.05. The van der Waals surface area contributed by atoms with Gasteiger partial charge in [-0.2, -0.15) is 0 Å². The van der Waals surface area contributed by atoms with E-state index in [-0.39, 0.29) is 11.3 Å². The Labute approximate surface area is 117 Å². The summed E-state index contributed by atoms with van der Waals surface area (Å²) in [5, 5.41) is 17.3. The maximum absolute atomic E-state index is 10.5. The zero-order valence-electron chi connectivity index (χ0n) is 11.7. The Morgan fingerprint density at radius 3 is 1.90 bits per heavy atom. The second-order valence-electron chi connectivity index (χ2n) is 3.77. The van der Waals surface area contributed by atoms with E-state index < -0.39 is 12.1 Å². The van der Waals surface area contributed by atoms with Crippen molar-refractivity contribution in [3.05, 3.63) is 29.8 Å². The molecule has 0 aliphatic rings. The number of aromatic hydroxyl groups is 1. The molecule has 0 amide bonds. The van der Waals surface area contributed by atoms with Gasteiger partial charge in [0.25, 0.3) is 0 Å². The topological polar surface area (TPSA) is 93.1 Å². The number of ether oxygens (including phenoxy) is 2. The minimum Gasteiger partial charge on any atom is -0.507 e. The summed E-state index contributed by atoms with van der Waals surface area (Å²) >= 11 is 0. The quantitative estimate of drug-likeness (QED) is 0.807. The van der Waals surface area contributed by atoms with E-state index in [1.54, 1.807) is 12.1 Å². The Bertz CT molecular complexity index is 406. The number of benzene rings is 1. The SMILES string of the molecule is CCCOC(=O)OCCC.O=C(O)c1ccccc1O. The highest BCUT2D eigenvalue weighted by Gasteiger charge is 2.05. The highest BCUT2D eigenvalue weighted by Crippen LogP contribution is 2.14. The molecule has 0 heterocycles. The standard InChI is InChI=1S/C7H6O3.C7H14O3/c8-6-4-2-1-3-5(6)7(9)10;1-3-5-9-7(8)10-6-4-2/h1-4,8H,(H,9,10);3-6H2,1-2H3. The molecule has 0 aliphatic heterocycles. The number of carboxylic acids is 1. The summed E-state index contributed by atoms with van der Waals surface area (Å²) in [5.74, 6) is -1.31. The number of carboxylic acid groups (broad SMARTS) is 1. The van der Waals surface area contributed by atoms with E-state index in [2.05, 4.69) is 9.47 Å². The Morgan fingerprint density at radius 1 is 1.05 bits per heavy atom. The van der Waals surface area contributed by atoms with Gasteiger partial charge in [-0.15, -0.1) is 0 Å². The first kappa shape index (κ1) is 17.8. The van der Waals surface area contributed by atoms with Crippen molar-refractivity contribution in [2.75, 3.05) is 13.2 Å². The molecular weight excluding hydrogens is 264 g/mol. The van der Waals surface area contributed by atoms with Crippen molar-refractivity contribution in [3.8, 4) is 5.75 Å². The third-order valence-electron chi connectivity index (χ3n) is 1.98. The largest absolute Gasteiger partial charge is 0.508 e. The lowest BCUT2D eigenvalue weighted by molar-refractivity contribution is 0.0554. The molecule has 1 aromatic carbocycles. The second-order valence-corrected chi connectivity index (χ2v) is 3.77. The average molecular weight is 284 g/mol. The minimum absolute atomic E-state index is 0.0671. The molecule has 0 radical (unpaired) electrons. The molecular formula is C14H20O6. The van der Waals surface area contributed by atoms with Crippen molar-refractivity contribution in [2.45, 2.75) is 26.7 Å². The molecule has 0 aromatic heterocycles. The van der Waals surface area contributed by atoms with E-state index in [1.807, 2.05) is 13.8 Å². The van der Waals surface area contributed by atoms with Crippen LogP contribution in [0.15, 0.2) is 24.3 Å². The zero-order chi connectivity index (χ0) is 15.4. The third kappa shape index (κ3) is 7.97. The maximum Gasteiger partial charge on any atom is 0.508 e. The fourth-order valence-electron chi connectivity index (χ4n) is 1.07. The normalized spacial score (nSPS) is 9.10. The van der Waals surface area contributed by atoms with Crippen LogP contribution < -0.4 is 0 Å². The van der Waals surface area contributed by atoms with Crippen LogP contribution >= 0.6 is 0 Å². The molecule has 0 bridgehead atoms. The van der Waals surface area contributed by atoms with E-state index in [1.165, 1.54) is 12.1 Å². The molecule has 1 rings (SSSR count). The lowest BCUT2D eigenvalue weighted by Gasteiger charge is -2.02. The van der Waals surface area contributed by atoms with Crippen LogP contribution in [0.4, 0.5) is 4.79 Å². The first-order valence-electron chi connectivity index (χ1n) is 6.33. The van der Waals surface area contributed by atoms with Gasteiger partial charge in [0.05, 0.1) is 13.2 Å². The van der Waals surface area contributed by atoms with Gasteiger partial charge in [0.15, 0.2) is 0 Å². The van der Waals surface area contributed by atoms with Crippen molar-refractivity contribution in [2.24, 2.45) is 0 Å². The van der Waals surface area contributed by atoms with Crippen molar-refractivity contribution in [1.82, 2.24) is 0 Å². The van der Waals surface area contributed by atoms with Crippen LogP contribution in [0.25, 0.3) is 0 Å². The van der Waals surface area contributed by atoms with Gasteiger partial charge in [0.1, 0.15) is 11.3 Å². The first-order valence-corrected chi connectivity index (χ1v) is 6.33. The number of phenols is 1. The summed E-state index contributed by atoms with van der Waals surface area (Å²) in [5.41, 5.74) is -0.0671. The predicted molar refractivity (Wildman–Crippen MR) is 72.9 cm³/mol. The molecule has 0 aliphatic carbocycles. The Balaban J connectivity index is 0.000000361. The van der Waals surface area contributed by atoms with E-state index in [0.29, 0.717) is 13.2 Å². The Hall–Kier alpha value is -2.24. The fraction of sp³-hybridized carbons (Fsp3) is 0.429. The number of hydrogen-bond acceptors (Lipinski definition) is 5. The fourth-order valence-corrected chi connectivity index (χ4v) is 1.07. The Morgan fingerprint density at radius 2 is 1.55 bits per heavy atom. The zero-order valence-corrected chi connectivity index (χ0v) is 11.7. The van der Waals surface area contributed by atoms with Crippen LogP contribution in [0.3, 0.4) is 0 Å². The summed E-state index contributed by atoms with van der Waals surface area (Å²) in [6.07, 6.45) is 1.12. The summed E-state index contributed by atoms with van der Waals surface area (Å²) in [6.45, 7) is 4.77. The molecule has 6 heteroatoms. The van der Waals surface area contributed by atoms with E-state index in [0.717, 1.165) is 12.8 Å². The molecule has 0 saturated heterocycles. The van der Waals surface area contributed by atoms with Crippen LogP contribution in [0.2, 0.25) is 0 Å². The smallest absolute Gasteiger partial charge is 0.507 e. The van der Waals surface area contributed by atoms with Crippen molar-refractivity contribution in [3.63, 3.8) is 0 Å². The molecule has 0 spiro atoms. The van der Waals surface area contributed by atoms with E-state index >= 15 is 0 Å². The summed E-state index contributed by atoms with van der Waals surface area (Å²) < 4.78 is 9.26. The van der Waals surface area contributed by atoms with Crippen molar-refractivity contribution in [1.29, 1.82) is 0 Å². The molecule has 0 fully saturated rings. The van der Waals surface area contributed by atoms with Gasteiger partial charge >= 0.3 is 12.1 Å². The van der Waals surface area contributed by atoms with Crippen LogP contribution in [0.1, 0.15) is 37.0 Å². The van der Waals surface area contributed by atoms with Crippen LogP contribution in [0, 0.1) is 0 Å². The van der Waals surface area contributed by atoms with Gasteiger partial charge in [-0.05, 0) is 25.0 Å². The molecule has 1 aromatic rings. The molecule has 2 N–H and O–H groups in total. The Kier molecular flexibility index (Phi) is 9.47. The number of hydrogen-bond donors (Lipinski definition) is 2. The van der Waals surface area contributed by atoms with Crippen LogP contribution in [-0.4, -0.2) is 35.6 Å². The lowest BCUT2D eigenvalue weighted by atomic mass is 10.2. The monoisotopic (exact) mass is 284 g/mol. The first-order chi connectivity index (χ1) is 9.52. The van der Waals surface area contributed by atoms with Crippen LogP contribution in [0.5, 0.6) is 5.75 Å². The highest BCUT2D eigenvalue weighted by atomic mass is 16.7. The number of carbonyl (C=O) groups excluding carboxylic acids is 1. The third-order valence-corrected chi connectivity index (χ3v) is 1.98. The molecule has 0 atom stereocenters. The summed E-state index contributed by atoms with van der Waals surface area (Å²) in [6, 6.07) is 5.81. The van der Waals surface area contributed by atoms with E-state index in [4.69, 9.17) is 10.2 Å². The van der Waals surface area contributed by atoms with Gasteiger partial charge in [0.2, 0.25) is 0 Å². The van der Waals surface area contributed by atoms with Crippen molar-refractivity contribution < 1.29 is 29.3 Å². The molecule has 0 unspecified atom stereocenters. The van der Waals surface area contributed by atoms with Crippen molar-refractivity contribution >= 4 is 12.1 Å². The summed E-state index contributed by atoms with van der Waals surface area (Å²) in [7, 11) is 0. The maximum atomic E-state index is 10.5. The van der Waals surface area contributed by atoms with Gasteiger partial charge in [-0.1, -0.05) is 26.0 Å². The van der Waals surface area contributed by atoms with Gasteiger partial charge in [-0.3, -0.25) is 0 Å². The van der Waals surface area contributed by atoms with E-state index in [9.17, 15) is 9.59 Å². The number of para-hydroxylation sites is 1. The number of aromatic carboxylic acids is 1. The number of carbonyl (C=O) groups is 2.